The molecule has 5 heterocycles. The number of hydrogen-bond acceptors (Lipinski definition) is 9. The lowest BCUT2D eigenvalue weighted by molar-refractivity contribution is -0.0408. The summed E-state index contributed by atoms with van der Waals surface area (Å²) < 4.78 is 48.8. The van der Waals surface area contributed by atoms with Crippen molar-refractivity contribution in [1.29, 1.82) is 0 Å². The zero-order valence-electron chi connectivity index (χ0n) is 28.6. The van der Waals surface area contributed by atoms with Gasteiger partial charge in [-0.25, -0.2) is 27.1 Å². The van der Waals surface area contributed by atoms with Crippen LogP contribution in [0, 0.1) is 17.2 Å². The van der Waals surface area contributed by atoms with Crippen LogP contribution in [0.4, 0.5) is 10.2 Å². The number of likely N-dealkylation sites (tertiary alicyclic amines) is 1. The van der Waals surface area contributed by atoms with E-state index in [0.29, 0.717) is 43.4 Å². The van der Waals surface area contributed by atoms with E-state index >= 15 is 0 Å². The number of carbonyl (C=O) groups excluding carboxylic acids is 1. The minimum Gasteiger partial charge on any atom is -0.451 e. The number of nitrogens with zero attached hydrogens (tertiary/aromatic N) is 6. The molecule has 1 atom stereocenters. The van der Waals surface area contributed by atoms with E-state index in [-0.39, 0.29) is 52.4 Å². The maximum absolute atomic E-state index is 14.4. The number of aromatic nitrogens is 2. The Morgan fingerprint density at radius 2 is 1.75 bits per heavy atom. The van der Waals surface area contributed by atoms with Gasteiger partial charge in [0.25, 0.3) is 5.91 Å². The van der Waals surface area contributed by atoms with Crippen LogP contribution in [0.25, 0.3) is 0 Å². The van der Waals surface area contributed by atoms with Gasteiger partial charge in [-0.15, -0.1) is 12.4 Å². The second-order valence-electron chi connectivity index (χ2n) is 14.5. The number of rotatable bonds is 10. The minimum atomic E-state index is -3.21. The normalized spacial score (nSPS) is 22.1. The molecular weight excluding hydrogens is 657 g/mol. The molecular formula is C34H51ClFN7O4S. The van der Waals surface area contributed by atoms with Crippen LogP contribution in [0.3, 0.4) is 0 Å². The predicted octanol–water partition coefficient (Wildman–Crippen LogP) is 4.39. The van der Waals surface area contributed by atoms with Gasteiger partial charge < -0.3 is 24.8 Å². The molecule has 48 heavy (non-hydrogen) atoms. The lowest BCUT2D eigenvalue weighted by Crippen LogP contribution is -2.62. The van der Waals surface area contributed by atoms with Gasteiger partial charge in [0.05, 0.1) is 17.0 Å². The Balaban J connectivity index is 0.00000451. The Morgan fingerprint density at radius 3 is 2.42 bits per heavy atom. The Bertz CT molecular complexity index is 1520. The van der Waals surface area contributed by atoms with Gasteiger partial charge in [-0.2, -0.15) is 0 Å². The summed E-state index contributed by atoms with van der Waals surface area (Å²) in [6.07, 6.45) is 7.42. The van der Waals surface area contributed by atoms with E-state index in [0.717, 1.165) is 65.1 Å². The van der Waals surface area contributed by atoms with Gasteiger partial charge in [0, 0.05) is 57.9 Å². The highest BCUT2D eigenvalue weighted by molar-refractivity contribution is 7.89. The lowest BCUT2D eigenvalue weighted by atomic mass is 9.72. The van der Waals surface area contributed by atoms with Gasteiger partial charge in [0.2, 0.25) is 10.0 Å². The molecule has 4 fully saturated rings. The van der Waals surface area contributed by atoms with E-state index in [9.17, 15) is 17.6 Å². The monoisotopic (exact) mass is 707 g/mol. The average molecular weight is 708 g/mol. The second-order valence-corrected chi connectivity index (χ2v) is 16.7. The van der Waals surface area contributed by atoms with Crippen LogP contribution in [-0.4, -0.2) is 115 Å². The molecule has 0 radical (unpaired) electrons. The van der Waals surface area contributed by atoms with Gasteiger partial charge >= 0.3 is 0 Å². The molecule has 4 aliphatic heterocycles. The fourth-order valence-electron chi connectivity index (χ4n) is 8.11. The van der Waals surface area contributed by atoms with Crippen molar-refractivity contribution in [3.63, 3.8) is 0 Å². The average Bonchev–Trinajstić information content (AvgIpc) is 3.50. The number of hydrogen-bond donors (Lipinski definition) is 1. The van der Waals surface area contributed by atoms with E-state index in [1.807, 2.05) is 27.7 Å². The maximum Gasteiger partial charge on any atom is 0.258 e. The van der Waals surface area contributed by atoms with Gasteiger partial charge in [0.1, 0.15) is 17.9 Å². The van der Waals surface area contributed by atoms with Crippen molar-refractivity contribution in [2.75, 3.05) is 63.8 Å². The fourth-order valence-corrected chi connectivity index (χ4v) is 10.1. The van der Waals surface area contributed by atoms with E-state index in [1.165, 1.54) is 24.5 Å². The van der Waals surface area contributed by atoms with Crippen LogP contribution < -0.4 is 15.0 Å². The summed E-state index contributed by atoms with van der Waals surface area (Å²) >= 11 is 0. The van der Waals surface area contributed by atoms with Crippen molar-refractivity contribution >= 4 is 34.2 Å². The van der Waals surface area contributed by atoms with Crippen LogP contribution in [0.15, 0.2) is 30.7 Å². The van der Waals surface area contributed by atoms with Crippen LogP contribution >= 0.6 is 12.4 Å². The van der Waals surface area contributed by atoms with Crippen LogP contribution in [0.1, 0.15) is 70.2 Å². The molecule has 0 aliphatic carbocycles. The zero-order chi connectivity index (χ0) is 33.3. The third kappa shape index (κ3) is 7.75. The van der Waals surface area contributed by atoms with E-state index in [4.69, 9.17) is 4.74 Å². The zero-order valence-corrected chi connectivity index (χ0v) is 30.2. The summed E-state index contributed by atoms with van der Waals surface area (Å²) in [4.78, 5) is 28.8. The summed E-state index contributed by atoms with van der Waals surface area (Å²) in [5.74, 6) is 1.05. The van der Waals surface area contributed by atoms with Gasteiger partial charge in [-0.3, -0.25) is 4.79 Å². The SMILES string of the molecule is CC(C)N(C(=O)c1cc(F)ccc1Oc1cncnc1N1CC[C@@H](CN2CC3(CCN(S(=O)(=O)C4CCNCC4)CC3)C2)C1)C(C)C.Cl. The number of carbonyl (C=O) groups is 1. The number of amides is 1. The molecule has 0 unspecified atom stereocenters. The topological polar surface area (TPSA) is 111 Å². The highest BCUT2D eigenvalue weighted by atomic mass is 35.5. The lowest BCUT2D eigenvalue weighted by Gasteiger charge is -2.54. The third-order valence-corrected chi connectivity index (χ3v) is 12.9. The van der Waals surface area contributed by atoms with Crippen molar-refractivity contribution < 1.29 is 22.3 Å². The molecule has 11 nitrogen and oxygen atoms in total. The Hall–Kier alpha value is -2.58. The quantitative estimate of drug-likeness (QED) is 0.385. The van der Waals surface area contributed by atoms with Gasteiger partial charge in [-0.05, 0) is 102 Å². The minimum absolute atomic E-state index is 0. The van der Waals surface area contributed by atoms with E-state index < -0.39 is 15.8 Å². The Labute approximate surface area is 291 Å². The fraction of sp³-hybridized carbons (Fsp3) is 0.676. The molecule has 4 saturated heterocycles. The molecule has 0 saturated carbocycles. The summed E-state index contributed by atoms with van der Waals surface area (Å²) in [5.41, 5.74) is 0.403. The molecule has 1 amide bonds. The molecule has 2 aromatic rings. The molecule has 1 aromatic heterocycles. The van der Waals surface area contributed by atoms with Crippen LogP contribution in [-0.2, 0) is 10.0 Å². The third-order valence-electron chi connectivity index (χ3n) is 10.5. The summed E-state index contributed by atoms with van der Waals surface area (Å²) in [6, 6.07) is 3.91. The smallest absolute Gasteiger partial charge is 0.258 e. The molecule has 14 heteroatoms. The standard InChI is InChI=1S/C34H50FN7O4S.ClH/c1-24(2)42(25(3)4)33(43)29-17-27(35)5-6-30(29)46-31-18-37-23-38-32(31)40-14-9-26(20-40)19-39-21-34(22-39)10-15-41(16-11-34)47(44,45)28-7-12-36-13-8-28;/h5-6,17-18,23-26,28,36H,7-16,19-22H2,1-4H3;1H/t26-;/m0./s1. The first-order valence-corrected chi connectivity index (χ1v) is 18.7. The Kier molecular flexibility index (Phi) is 11.6. The van der Waals surface area contributed by atoms with Crippen LogP contribution in [0.5, 0.6) is 11.5 Å². The first kappa shape index (κ1) is 36.7. The summed E-state index contributed by atoms with van der Waals surface area (Å²) in [6.45, 7) is 15.3. The van der Waals surface area contributed by atoms with Crippen LogP contribution in [0.2, 0.25) is 0 Å². The van der Waals surface area contributed by atoms with Crippen molar-refractivity contribution in [1.82, 2.24) is 29.4 Å². The Morgan fingerprint density at radius 1 is 1.06 bits per heavy atom. The molecule has 0 bridgehead atoms. The van der Waals surface area contributed by atoms with E-state index in [2.05, 4.69) is 25.1 Å². The summed E-state index contributed by atoms with van der Waals surface area (Å²) in [7, 11) is -3.21. The van der Waals surface area contributed by atoms with Crippen molar-refractivity contribution in [2.24, 2.45) is 11.3 Å². The number of anilines is 1. The first-order chi connectivity index (χ1) is 22.5. The number of sulfonamides is 1. The summed E-state index contributed by atoms with van der Waals surface area (Å²) in [5, 5.41) is 3.03. The van der Waals surface area contributed by atoms with Crippen molar-refractivity contribution in [3.8, 4) is 11.5 Å². The number of halogens is 2. The predicted molar refractivity (Wildman–Crippen MR) is 187 cm³/mol. The number of nitrogens with one attached hydrogen (secondary N) is 1. The number of benzene rings is 1. The van der Waals surface area contributed by atoms with Crippen molar-refractivity contribution in [3.05, 3.63) is 42.1 Å². The first-order valence-electron chi connectivity index (χ1n) is 17.2. The number of ether oxygens (including phenoxy) is 1. The highest BCUT2D eigenvalue weighted by Crippen LogP contribution is 2.43. The van der Waals surface area contributed by atoms with Gasteiger partial charge in [-0.1, -0.05) is 0 Å². The maximum atomic E-state index is 14.4. The molecule has 4 aliphatic rings. The largest absolute Gasteiger partial charge is 0.451 e. The highest BCUT2D eigenvalue weighted by Gasteiger charge is 2.48. The van der Waals surface area contributed by atoms with Crippen molar-refractivity contribution in [2.45, 2.75) is 77.1 Å². The molecule has 6 rings (SSSR count). The van der Waals surface area contributed by atoms with Gasteiger partial charge in [0.15, 0.2) is 11.6 Å². The number of piperidine rings is 2. The van der Waals surface area contributed by atoms with E-state index in [1.54, 1.807) is 15.4 Å². The molecule has 1 spiro atoms. The molecule has 1 aromatic carbocycles. The molecule has 1 N–H and O–H groups in total. The second kappa shape index (κ2) is 15.1. The molecule has 266 valence electrons.